The van der Waals surface area contributed by atoms with Crippen molar-refractivity contribution >= 4 is 45.8 Å². The first-order chi connectivity index (χ1) is 26.8. The van der Waals surface area contributed by atoms with E-state index in [2.05, 4.69) is 231 Å². The van der Waals surface area contributed by atoms with Gasteiger partial charge in [0.15, 0.2) is 0 Å². The van der Waals surface area contributed by atoms with E-state index in [4.69, 9.17) is 0 Å². The molecule has 0 aliphatic carbocycles. The largest absolute Gasteiger partial charge is 0.0622 e. The quantitative estimate of drug-likeness (QED) is 0.110. The SMILES string of the molecule is C(=Cc1ccccc1-c1ccccc1-c1c2ccccc2c(-c2ccccc2-c2ccccc2C=Cc2ccccc2)c2ccccc12)c1ccccc1. The molecule has 0 bridgehead atoms. The Morgan fingerprint density at radius 2 is 0.481 bits per heavy atom. The summed E-state index contributed by atoms with van der Waals surface area (Å²) in [6.45, 7) is 0. The molecule has 0 N–H and O–H groups in total. The van der Waals surface area contributed by atoms with Crippen LogP contribution in [0.5, 0.6) is 0 Å². The first-order valence-corrected chi connectivity index (χ1v) is 18.6. The fourth-order valence-electron chi connectivity index (χ4n) is 7.86. The Morgan fingerprint density at radius 3 is 0.852 bits per heavy atom. The Kier molecular flexibility index (Phi) is 9.07. The molecule has 0 aliphatic heterocycles. The second-order valence-corrected chi connectivity index (χ2v) is 13.6. The lowest BCUT2D eigenvalue weighted by atomic mass is 9.81. The zero-order valence-electron chi connectivity index (χ0n) is 29.9. The van der Waals surface area contributed by atoms with Crippen LogP contribution in [0.4, 0.5) is 0 Å². The fourth-order valence-corrected chi connectivity index (χ4v) is 7.86. The van der Waals surface area contributed by atoms with Gasteiger partial charge in [-0.05, 0) is 88.3 Å². The van der Waals surface area contributed by atoms with Gasteiger partial charge >= 0.3 is 0 Å². The maximum Gasteiger partial charge on any atom is -0.00201 e. The molecule has 0 radical (unpaired) electrons. The maximum atomic E-state index is 2.30. The Bertz CT molecular complexity index is 2550. The van der Waals surface area contributed by atoms with E-state index in [1.165, 1.54) is 88.3 Å². The Hall–Kier alpha value is -7.02. The highest BCUT2D eigenvalue weighted by atomic mass is 14.2. The number of hydrogen-bond acceptors (Lipinski definition) is 0. The van der Waals surface area contributed by atoms with Crippen LogP contribution in [-0.4, -0.2) is 0 Å². The molecule has 0 heteroatoms. The van der Waals surface area contributed by atoms with Crippen LogP contribution in [0.1, 0.15) is 22.3 Å². The first-order valence-electron chi connectivity index (χ1n) is 18.6. The second-order valence-electron chi connectivity index (χ2n) is 13.6. The topological polar surface area (TPSA) is 0 Å². The van der Waals surface area contributed by atoms with E-state index >= 15 is 0 Å². The summed E-state index contributed by atoms with van der Waals surface area (Å²) in [6.07, 6.45) is 8.89. The Balaban J connectivity index is 1.26. The average molecular weight is 687 g/mol. The Morgan fingerprint density at radius 1 is 0.204 bits per heavy atom. The van der Waals surface area contributed by atoms with Crippen LogP contribution in [0.3, 0.4) is 0 Å². The monoisotopic (exact) mass is 686 g/mol. The van der Waals surface area contributed by atoms with Gasteiger partial charge in [-0.1, -0.05) is 231 Å². The summed E-state index contributed by atoms with van der Waals surface area (Å²) in [5.74, 6) is 0. The molecule has 0 heterocycles. The van der Waals surface area contributed by atoms with Crippen molar-refractivity contribution in [1.82, 2.24) is 0 Å². The molecule has 0 atom stereocenters. The predicted octanol–water partition coefficient (Wildman–Crippen LogP) is 15.0. The molecule has 0 saturated heterocycles. The van der Waals surface area contributed by atoms with E-state index in [1.54, 1.807) is 0 Å². The highest BCUT2D eigenvalue weighted by Gasteiger charge is 2.21. The lowest BCUT2D eigenvalue weighted by Crippen LogP contribution is -1.95. The summed E-state index contributed by atoms with van der Waals surface area (Å²) in [7, 11) is 0. The van der Waals surface area contributed by atoms with Crippen molar-refractivity contribution in [2.45, 2.75) is 0 Å². The molecular weight excluding hydrogens is 649 g/mol. The summed E-state index contributed by atoms with van der Waals surface area (Å²) in [5.41, 5.74) is 14.6. The van der Waals surface area contributed by atoms with E-state index in [0.29, 0.717) is 0 Å². The van der Waals surface area contributed by atoms with Crippen LogP contribution >= 0.6 is 0 Å². The zero-order valence-corrected chi connectivity index (χ0v) is 29.9. The molecule has 9 rings (SSSR count). The summed E-state index contributed by atoms with van der Waals surface area (Å²) < 4.78 is 0. The maximum absolute atomic E-state index is 2.30. The van der Waals surface area contributed by atoms with E-state index in [-0.39, 0.29) is 0 Å². The normalized spacial score (nSPS) is 11.6. The third-order valence-electron chi connectivity index (χ3n) is 10.3. The van der Waals surface area contributed by atoms with Gasteiger partial charge in [0.2, 0.25) is 0 Å². The molecule has 0 aliphatic rings. The van der Waals surface area contributed by atoms with Crippen LogP contribution in [0.25, 0.3) is 90.4 Å². The van der Waals surface area contributed by atoms with Gasteiger partial charge in [0.25, 0.3) is 0 Å². The highest BCUT2D eigenvalue weighted by Crippen LogP contribution is 2.48. The van der Waals surface area contributed by atoms with Crippen molar-refractivity contribution in [3.8, 4) is 44.5 Å². The smallest absolute Gasteiger partial charge is 0.00201 e. The third-order valence-corrected chi connectivity index (χ3v) is 10.3. The number of fused-ring (bicyclic) bond motifs is 2. The summed E-state index contributed by atoms with van der Waals surface area (Å²) in [6, 6.07) is 74.3. The van der Waals surface area contributed by atoms with Crippen LogP contribution in [0, 0.1) is 0 Å². The molecule has 0 aromatic heterocycles. The lowest BCUT2D eigenvalue weighted by Gasteiger charge is -2.21. The molecule has 54 heavy (non-hydrogen) atoms. The van der Waals surface area contributed by atoms with Crippen molar-refractivity contribution in [3.05, 3.63) is 229 Å². The van der Waals surface area contributed by atoms with E-state index in [9.17, 15) is 0 Å². The van der Waals surface area contributed by atoms with E-state index in [1.807, 2.05) is 0 Å². The summed E-state index contributed by atoms with van der Waals surface area (Å²) in [5, 5.41) is 4.96. The minimum atomic E-state index is 1.18. The molecule has 0 fully saturated rings. The van der Waals surface area contributed by atoms with Gasteiger partial charge in [-0.3, -0.25) is 0 Å². The average Bonchev–Trinajstić information content (AvgIpc) is 3.25. The molecule has 0 saturated carbocycles. The second kappa shape index (κ2) is 14.9. The number of rotatable bonds is 8. The molecule has 0 unspecified atom stereocenters. The van der Waals surface area contributed by atoms with Crippen molar-refractivity contribution in [3.63, 3.8) is 0 Å². The summed E-state index contributed by atoms with van der Waals surface area (Å²) in [4.78, 5) is 0. The third kappa shape index (κ3) is 6.36. The van der Waals surface area contributed by atoms with Gasteiger partial charge in [0.05, 0.1) is 0 Å². The minimum absolute atomic E-state index is 1.18. The van der Waals surface area contributed by atoms with Gasteiger partial charge in [-0.25, -0.2) is 0 Å². The molecule has 0 amide bonds. The van der Waals surface area contributed by atoms with Crippen LogP contribution in [-0.2, 0) is 0 Å². The van der Waals surface area contributed by atoms with Gasteiger partial charge in [-0.2, -0.15) is 0 Å². The minimum Gasteiger partial charge on any atom is -0.0622 e. The van der Waals surface area contributed by atoms with Gasteiger partial charge < -0.3 is 0 Å². The molecule has 0 spiro atoms. The van der Waals surface area contributed by atoms with Crippen LogP contribution in [0.15, 0.2) is 206 Å². The van der Waals surface area contributed by atoms with Gasteiger partial charge in [0, 0.05) is 0 Å². The van der Waals surface area contributed by atoms with Crippen molar-refractivity contribution < 1.29 is 0 Å². The highest BCUT2D eigenvalue weighted by molar-refractivity contribution is 6.23. The van der Waals surface area contributed by atoms with Crippen molar-refractivity contribution in [2.24, 2.45) is 0 Å². The van der Waals surface area contributed by atoms with Gasteiger partial charge in [0.1, 0.15) is 0 Å². The summed E-state index contributed by atoms with van der Waals surface area (Å²) >= 11 is 0. The molecule has 9 aromatic rings. The standard InChI is InChI=1S/C54H38/c1-3-19-39(20-4-1)35-37-41-23-7-9-25-43(41)45-27-11-13-29-47(45)53-49-31-15-17-33-51(49)54(52-34-18-16-32-50(52)53)48-30-14-12-28-46(48)44-26-10-8-24-42(44)38-36-40-21-5-2-6-22-40/h1-38H. The van der Waals surface area contributed by atoms with E-state index < -0.39 is 0 Å². The van der Waals surface area contributed by atoms with E-state index in [0.717, 1.165) is 0 Å². The lowest BCUT2D eigenvalue weighted by molar-refractivity contribution is 1.57. The van der Waals surface area contributed by atoms with Crippen LogP contribution in [0.2, 0.25) is 0 Å². The first kappa shape index (κ1) is 32.9. The fraction of sp³-hybridized carbons (Fsp3) is 0. The molecule has 254 valence electrons. The number of hydrogen-bond donors (Lipinski definition) is 0. The molecule has 9 aromatic carbocycles. The Labute approximate surface area is 317 Å². The van der Waals surface area contributed by atoms with Crippen molar-refractivity contribution in [1.29, 1.82) is 0 Å². The van der Waals surface area contributed by atoms with Crippen LogP contribution < -0.4 is 0 Å². The predicted molar refractivity (Wildman–Crippen MR) is 234 cm³/mol. The molecular formula is C54H38. The zero-order chi connectivity index (χ0) is 36.1. The number of benzene rings is 9. The van der Waals surface area contributed by atoms with Gasteiger partial charge in [-0.15, -0.1) is 0 Å². The molecule has 0 nitrogen and oxygen atoms in total. The van der Waals surface area contributed by atoms with Crippen molar-refractivity contribution in [2.75, 3.05) is 0 Å².